The molecule has 0 saturated heterocycles. The molecule has 112 valence electrons. The molecule has 0 radical (unpaired) electrons. The molecule has 2 aromatic rings. The van der Waals surface area contributed by atoms with Crippen LogP contribution in [0.25, 0.3) is 11.4 Å². The zero-order valence-corrected chi connectivity index (χ0v) is 12.5. The molecule has 3 rings (SSSR count). The van der Waals surface area contributed by atoms with Crippen molar-refractivity contribution in [3.8, 4) is 17.1 Å². The molecule has 1 aliphatic rings. The van der Waals surface area contributed by atoms with Crippen molar-refractivity contribution in [2.45, 2.75) is 38.1 Å². The summed E-state index contributed by atoms with van der Waals surface area (Å²) >= 11 is 0. The maximum Gasteiger partial charge on any atom is 0.247 e. The summed E-state index contributed by atoms with van der Waals surface area (Å²) in [7, 11) is 1.63. The van der Waals surface area contributed by atoms with Gasteiger partial charge >= 0.3 is 0 Å². The van der Waals surface area contributed by atoms with E-state index in [4.69, 9.17) is 15.0 Å². The fourth-order valence-electron chi connectivity index (χ4n) is 3.15. The third-order valence-corrected chi connectivity index (χ3v) is 4.23. The Morgan fingerprint density at radius 3 is 2.95 bits per heavy atom. The lowest BCUT2D eigenvalue weighted by molar-refractivity contribution is 0.183. The molecule has 21 heavy (non-hydrogen) atoms. The predicted molar refractivity (Wildman–Crippen MR) is 79.8 cm³/mol. The molecule has 1 aromatic carbocycles. The van der Waals surface area contributed by atoms with Gasteiger partial charge in [-0.25, -0.2) is 0 Å². The Labute approximate surface area is 124 Å². The van der Waals surface area contributed by atoms with Crippen LogP contribution in [0.15, 0.2) is 28.8 Å². The second-order valence-electron chi connectivity index (χ2n) is 5.98. The van der Waals surface area contributed by atoms with Gasteiger partial charge in [0.2, 0.25) is 11.7 Å². The van der Waals surface area contributed by atoms with Crippen molar-refractivity contribution in [3.05, 3.63) is 30.2 Å². The van der Waals surface area contributed by atoms with Crippen LogP contribution in [0.2, 0.25) is 0 Å². The molecule has 1 saturated carbocycles. The summed E-state index contributed by atoms with van der Waals surface area (Å²) in [5, 5.41) is 4.09. The number of aromatic nitrogens is 2. The van der Waals surface area contributed by atoms with Gasteiger partial charge in [-0.1, -0.05) is 37.1 Å². The quantitative estimate of drug-likeness (QED) is 0.938. The van der Waals surface area contributed by atoms with E-state index in [0.717, 1.165) is 30.6 Å². The van der Waals surface area contributed by atoms with Gasteiger partial charge in [0.1, 0.15) is 5.75 Å². The minimum Gasteiger partial charge on any atom is -0.496 e. The Balaban J connectivity index is 1.93. The van der Waals surface area contributed by atoms with Crippen LogP contribution in [-0.2, 0) is 5.54 Å². The van der Waals surface area contributed by atoms with Crippen molar-refractivity contribution >= 4 is 0 Å². The molecule has 1 fully saturated rings. The van der Waals surface area contributed by atoms with E-state index >= 15 is 0 Å². The zero-order chi connectivity index (χ0) is 14.9. The molecule has 0 spiro atoms. The van der Waals surface area contributed by atoms with Gasteiger partial charge < -0.3 is 15.0 Å². The van der Waals surface area contributed by atoms with Gasteiger partial charge in [0.25, 0.3) is 0 Å². The number of hydrogen-bond acceptors (Lipinski definition) is 5. The topological polar surface area (TPSA) is 74.2 Å². The Hall–Kier alpha value is -1.88. The minimum absolute atomic E-state index is 0.495. The normalized spacial score (nSPS) is 25.8. The Bertz CT molecular complexity index is 625. The highest BCUT2D eigenvalue weighted by Gasteiger charge is 2.38. The van der Waals surface area contributed by atoms with Gasteiger partial charge in [-0.15, -0.1) is 0 Å². The van der Waals surface area contributed by atoms with Crippen LogP contribution in [0.4, 0.5) is 0 Å². The fourth-order valence-corrected chi connectivity index (χ4v) is 3.15. The lowest BCUT2D eigenvalue weighted by Crippen LogP contribution is -2.41. The molecule has 2 unspecified atom stereocenters. The largest absolute Gasteiger partial charge is 0.496 e. The van der Waals surface area contributed by atoms with Gasteiger partial charge in [-0.3, -0.25) is 0 Å². The van der Waals surface area contributed by atoms with E-state index in [2.05, 4.69) is 17.1 Å². The Morgan fingerprint density at radius 1 is 1.38 bits per heavy atom. The van der Waals surface area contributed by atoms with E-state index in [-0.39, 0.29) is 0 Å². The molecule has 2 atom stereocenters. The van der Waals surface area contributed by atoms with Crippen LogP contribution in [0.3, 0.4) is 0 Å². The molecule has 0 amide bonds. The standard InChI is InChI=1S/C16H21N3O2/c1-11-6-5-9-16(17,10-11)15-18-14(19-21-15)12-7-3-4-8-13(12)20-2/h3-4,7-8,11H,5-6,9-10,17H2,1-2H3. The highest BCUT2D eigenvalue weighted by molar-refractivity contribution is 5.63. The molecule has 0 aliphatic heterocycles. The monoisotopic (exact) mass is 287 g/mol. The second-order valence-corrected chi connectivity index (χ2v) is 5.98. The molecule has 1 aliphatic carbocycles. The maximum absolute atomic E-state index is 6.51. The number of nitrogens with zero attached hydrogens (tertiary/aromatic N) is 2. The lowest BCUT2D eigenvalue weighted by Gasteiger charge is -2.33. The van der Waals surface area contributed by atoms with E-state index in [1.54, 1.807) is 7.11 Å². The third-order valence-electron chi connectivity index (χ3n) is 4.23. The average Bonchev–Trinajstić information content (AvgIpc) is 2.97. The van der Waals surface area contributed by atoms with Gasteiger partial charge in [-0.05, 0) is 30.9 Å². The number of nitrogens with two attached hydrogens (primary N) is 1. The number of rotatable bonds is 3. The maximum atomic E-state index is 6.51. The smallest absolute Gasteiger partial charge is 0.247 e. The number of para-hydroxylation sites is 1. The van der Waals surface area contributed by atoms with E-state index in [0.29, 0.717) is 17.6 Å². The van der Waals surface area contributed by atoms with Gasteiger partial charge in [0.15, 0.2) is 0 Å². The van der Waals surface area contributed by atoms with Crippen LogP contribution in [-0.4, -0.2) is 17.3 Å². The van der Waals surface area contributed by atoms with Crippen LogP contribution >= 0.6 is 0 Å². The fraction of sp³-hybridized carbons (Fsp3) is 0.500. The summed E-state index contributed by atoms with van der Waals surface area (Å²) < 4.78 is 10.8. The summed E-state index contributed by atoms with van der Waals surface area (Å²) in [6, 6.07) is 7.64. The summed E-state index contributed by atoms with van der Waals surface area (Å²) in [6.07, 6.45) is 4.10. The summed E-state index contributed by atoms with van der Waals surface area (Å²) in [5.74, 6) is 2.39. The zero-order valence-electron chi connectivity index (χ0n) is 12.5. The minimum atomic E-state index is -0.495. The van der Waals surface area contributed by atoms with Crippen molar-refractivity contribution < 1.29 is 9.26 Å². The summed E-state index contributed by atoms with van der Waals surface area (Å²) in [4.78, 5) is 4.54. The van der Waals surface area contributed by atoms with Crippen LogP contribution in [0, 0.1) is 5.92 Å². The lowest BCUT2D eigenvalue weighted by atomic mass is 9.77. The van der Waals surface area contributed by atoms with E-state index in [1.165, 1.54) is 6.42 Å². The van der Waals surface area contributed by atoms with Gasteiger partial charge in [0, 0.05) is 0 Å². The number of hydrogen-bond donors (Lipinski definition) is 1. The highest BCUT2D eigenvalue weighted by atomic mass is 16.5. The van der Waals surface area contributed by atoms with Crippen LogP contribution in [0.5, 0.6) is 5.75 Å². The second kappa shape index (κ2) is 5.48. The number of ether oxygens (including phenoxy) is 1. The number of methoxy groups -OCH3 is 1. The molecule has 1 heterocycles. The summed E-state index contributed by atoms with van der Waals surface area (Å²) in [6.45, 7) is 2.22. The Morgan fingerprint density at radius 2 is 2.19 bits per heavy atom. The first-order valence-electron chi connectivity index (χ1n) is 7.39. The molecular weight excluding hydrogens is 266 g/mol. The van der Waals surface area contributed by atoms with E-state index in [1.807, 2.05) is 24.3 Å². The molecular formula is C16H21N3O2. The highest BCUT2D eigenvalue weighted by Crippen LogP contribution is 2.38. The first-order chi connectivity index (χ1) is 10.1. The van der Waals surface area contributed by atoms with Gasteiger partial charge in [0.05, 0.1) is 18.2 Å². The Kier molecular flexibility index (Phi) is 3.68. The predicted octanol–water partition coefficient (Wildman–Crippen LogP) is 3.11. The van der Waals surface area contributed by atoms with Crippen LogP contribution in [0.1, 0.15) is 38.5 Å². The van der Waals surface area contributed by atoms with E-state index < -0.39 is 5.54 Å². The first-order valence-corrected chi connectivity index (χ1v) is 7.39. The van der Waals surface area contributed by atoms with Crippen molar-refractivity contribution in [3.63, 3.8) is 0 Å². The molecule has 5 heteroatoms. The van der Waals surface area contributed by atoms with Crippen molar-refractivity contribution in [2.75, 3.05) is 7.11 Å². The van der Waals surface area contributed by atoms with Crippen LogP contribution < -0.4 is 10.5 Å². The van der Waals surface area contributed by atoms with Gasteiger partial charge in [-0.2, -0.15) is 4.98 Å². The average molecular weight is 287 g/mol. The third kappa shape index (κ3) is 2.65. The molecule has 1 aromatic heterocycles. The molecule has 0 bridgehead atoms. The molecule has 5 nitrogen and oxygen atoms in total. The molecule has 2 N–H and O–H groups in total. The van der Waals surface area contributed by atoms with Crippen molar-refractivity contribution in [1.29, 1.82) is 0 Å². The van der Waals surface area contributed by atoms with E-state index in [9.17, 15) is 0 Å². The summed E-state index contributed by atoms with van der Waals surface area (Å²) in [5.41, 5.74) is 6.83. The number of benzene rings is 1. The first kappa shape index (κ1) is 14.1. The SMILES string of the molecule is COc1ccccc1-c1noc(C2(N)CCCC(C)C2)n1. The van der Waals surface area contributed by atoms with Crippen molar-refractivity contribution in [1.82, 2.24) is 10.1 Å². The van der Waals surface area contributed by atoms with Crippen molar-refractivity contribution in [2.24, 2.45) is 11.7 Å².